The molecule has 206 valence electrons. The van der Waals surface area contributed by atoms with Gasteiger partial charge in [0.2, 0.25) is 0 Å². The molecule has 0 fully saturated rings. The summed E-state index contributed by atoms with van der Waals surface area (Å²) in [5.41, 5.74) is 4.70. The van der Waals surface area contributed by atoms with Gasteiger partial charge in [-0.25, -0.2) is 0 Å². The van der Waals surface area contributed by atoms with Gasteiger partial charge in [-0.2, -0.15) is 0 Å². The van der Waals surface area contributed by atoms with Crippen molar-refractivity contribution in [2.75, 3.05) is 6.61 Å². The maximum Gasteiger partial charge on any atom is 0.162 e. The second-order valence-electron chi connectivity index (χ2n) is 12.4. The SMILES string of the molecule is CCOc1cc(C2C3=C(CC(C)(C)CC3=O)NC3=C2C(=O)CC(C)(C)C3)ccc1OCc1ccc(Cl)cc1Cl. The number of halogens is 2. The highest BCUT2D eigenvalue weighted by Gasteiger charge is 2.46. The Morgan fingerprint density at radius 1 is 0.821 bits per heavy atom. The van der Waals surface area contributed by atoms with E-state index in [4.69, 9.17) is 32.7 Å². The van der Waals surface area contributed by atoms with Gasteiger partial charge in [-0.3, -0.25) is 9.59 Å². The third-order valence-electron chi connectivity index (χ3n) is 7.72. The van der Waals surface area contributed by atoms with Crippen LogP contribution in [0.5, 0.6) is 11.5 Å². The fourth-order valence-corrected chi connectivity index (χ4v) is 6.57. The van der Waals surface area contributed by atoms with Gasteiger partial charge in [0, 0.05) is 56.9 Å². The van der Waals surface area contributed by atoms with Gasteiger partial charge >= 0.3 is 0 Å². The number of benzene rings is 2. The molecule has 2 aliphatic carbocycles. The van der Waals surface area contributed by atoms with Crippen LogP contribution in [0.4, 0.5) is 0 Å². The molecule has 7 heteroatoms. The minimum atomic E-state index is -0.428. The van der Waals surface area contributed by atoms with Crippen LogP contribution in [-0.4, -0.2) is 18.2 Å². The quantitative estimate of drug-likeness (QED) is 0.383. The molecule has 0 radical (unpaired) electrons. The van der Waals surface area contributed by atoms with Crippen LogP contribution in [0.3, 0.4) is 0 Å². The normalized spacial score (nSPS) is 20.4. The van der Waals surface area contributed by atoms with Crippen molar-refractivity contribution in [1.29, 1.82) is 0 Å². The predicted octanol–water partition coefficient (Wildman–Crippen LogP) is 7.94. The molecule has 2 aromatic rings. The van der Waals surface area contributed by atoms with Crippen LogP contribution < -0.4 is 14.8 Å². The molecular weight excluding hydrogens is 533 g/mol. The summed E-state index contributed by atoms with van der Waals surface area (Å²) >= 11 is 12.4. The monoisotopic (exact) mass is 567 g/mol. The van der Waals surface area contributed by atoms with Gasteiger partial charge in [0.05, 0.1) is 6.61 Å². The van der Waals surface area contributed by atoms with Crippen molar-refractivity contribution >= 4 is 34.8 Å². The van der Waals surface area contributed by atoms with Crippen LogP contribution in [0, 0.1) is 10.8 Å². The Kier molecular flexibility index (Phi) is 7.36. The summed E-state index contributed by atoms with van der Waals surface area (Å²) in [6, 6.07) is 11.0. The Morgan fingerprint density at radius 2 is 1.44 bits per heavy atom. The molecular formula is C32H35Cl2NO4. The van der Waals surface area contributed by atoms with E-state index >= 15 is 0 Å². The highest BCUT2D eigenvalue weighted by atomic mass is 35.5. The van der Waals surface area contributed by atoms with Crippen LogP contribution in [0.2, 0.25) is 10.0 Å². The first kappa shape index (κ1) is 27.8. The van der Waals surface area contributed by atoms with Gasteiger partial charge in [0.25, 0.3) is 0 Å². The number of Topliss-reactive ketones (excluding diaryl/α,β-unsaturated/α-hetero) is 2. The molecule has 0 saturated carbocycles. The van der Waals surface area contributed by atoms with Crippen LogP contribution in [0.15, 0.2) is 58.9 Å². The Hall–Kier alpha value is -2.76. The number of carbonyl (C=O) groups excluding carboxylic acids is 2. The number of nitrogens with one attached hydrogen (secondary N) is 1. The standard InChI is InChI=1S/C32H35Cl2NO4/c1-6-38-27-11-18(8-10-26(27)39-17-19-7-9-20(33)12-21(19)34)28-29-22(13-31(2,3)15-24(29)36)35-23-14-32(4,5)16-25(37)30(23)28/h7-12,28,35H,6,13-17H2,1-5H3. The zero-order valence-corrected chi connectivity index (χ0v) is 24.7. The Bertz CT molecular complexity index is 1370. The minimum absolute atomic E-state index is 0.0959. The number of hydrogen-bond acceptors (Lipinski definition) is 5. The number of rotatable bonds is 6. The molecule has 1 N–H and O–H groups in total. The zero-order chi connectivity index (χ0) is 28.1. The van der Waals surface area contributed by atoms with E-state index in [1.165, 1.54) is 0 Å². The first-order valence-electron chi connectivity index (χ1n) is 13.5. The summed E-state index contributed by atoms with van der Waals surface area (Å²) in [6.45, 7) is 11.1. The van der Waals surface area contributed by atoms with Gasteiger partial charge < -0.3 is 14.8 Å². The maximum absolute atomic E-state index is 13.6. The van der Waals surface area contributed by atoms with Crippen molar-refractivity contribution in [3.05, 3.63) is 80.1 Å². The molecule has 0 spiro atoms. The summed E-state index contributed by atoms with van der Waals surface area (Å²) in [5.74, 6) is 0.894. The van der Waals surface area contributed by atoms with Gasteiger partial charge in [-0.1, -0.05) is 63.0 Å². The van der Waals surface area contributed by atoms with Crippen molar-refractivity contribution in [3.8, 4) is 11.5 Å². The molecule has 1 aliphatic heterocycles. The average molecular weight is 569 g/mol. The average Bonchev–Trinajstić information content (AvgIpc) is 2.81. The lowest BCUT2D eigenvalue weighted by atomic mass is 9.64. The van der Waals surface area contributed by atoms with E-state index in [1.807, 2.05) is 31.2 Å². The molecule has 0 unspecified atom stereocenters. The fraction of sp³-hybridized carbons (Fsp3) is 0.438. The Morgan fingerprint density at radius 3 is 2.00 bits per heavy atom. The van der Waals surface area contributed by atoms with Crippen LogP contribution in [-0.2, 0) is 16.2 Å². The summed E-state index contributed by atoms with van der Waals surface area (Å²) in [7, 11) is 0. The maximum atomic E-state index is 13.6. The number of allylic oxidation sites excluding steroid dienone is 4. The van der Waals surface area contributed by atoms with E-state index in [0.717, 1.165) is 35.4 Å². The molecule has 0 amide bonds. The lowest BCUT2D eigenvalue weighted by molar-refractivity contribution is -0.119. The van der Waals surface area contributed by atoms with Crippen LogP contribution >= 0.6 is 23.2 Å². The van der Waals surface area contributed by atoms with Crippen molar-refractivity contribution in [2.24, 2.45) is 10.8 Å². The van der Waals surface area contributed by atoms with E-state index in [9.17, 15) is 9.59 Å². The van der Waals surface area contributed by atoms with Gasteiger partial charge in [-0.15, -0.1) is 0 Å². The number of ketones is 2. The third-order valence-corrected chi connectivity index (χ3v) is 8.31. The molecule has 2 aromatic carbocycles. The lowest BCUT2D eigenvalue weighted by Gasteiger charge is -2.44. The van der Waals surface area contributed by atoms with Crippen LogP contribution in [0.25, 0.3) is 0 Å². The van der Waals surface area contributed by atoms with Crippen molar-refractivity contribution < 1.29 is 19.1 Å². The molecule has 0 atom stereocenters. The molecule has 5 nitrogen and oxygen atoms in total. The van der Waals surface area contributed by atoms with Gasteiger partial charge in [0.1, 0.15) is 6.61 Å². The first-order chi connectivity index (χ1) is 18.4. The molecule has 1 heterocycles. The van der Waals surface area contributed by atoms with Crippen molar-refractivity contribution in [3.63, 3.8) is 0 Å². The number of carbonyl (C=O) groups is 2. The molecule has 0 bridgehead atoms. The number of hydrogen-bond donors (Lipinski definition) is 1. The van der Waals surface area contributed by atoms with Crippen molar-refractivity contribution in [2.45, 2.75) is 72.8 Å². The summed E-state index contributed by atoms with van der Waals surface area (Å²) in [5, 5.41) is 4.66. The van der Waals surface area contributed by atoms with Gasteiger partial charge in [-0.05, 0) is 60.4 Å². The second-order valence-corrected chi connectivity index (χ2v) is 13.2. The molecule has 5 rings (SSSR count). The van der Waals surface area contributed by atoms with E-state index in [-0.39, 0.29) is 29.0 Å². The van der Waals surface area contributed by atoms with Crippen molar-refractivity contribution in [1.82, 2.24) is 5.32 Å². The van der Waals surface area contributed by atoms with E-state index in [2.05, 4.69) is 33.0 Å². The van der Waals surface area contributed by atoms with E-state index < -0.39 is 5.92 Å². The van der Waals surface area contributed by atoms with Crippen LogP contribution in [0.1, 0.15) is 77.3 Å². The smallest absolute Gasteiger partial charge is 0.162 e. The predicted molar refractivity (Wildman–Crippen MR) is 154 cm³/mol. The molecule has 0 aromatic heterocycles. The van der Waals surface area contributed by atoms with E-state index in [1.54, 1.807) is 12.1 Å². The molecule has 39 heavy (non-hydrogen) atoms. The summed E-state index contributed by atoms with van der Waals surface area (Å²) in [4.78, 5) is 27.2. The highest BCUT2D eigenvalue weighted by Crippen LogP contribution is 2.51. The number of ether oxygens (including phenoxy) is 2. The zero-order valence-electron chi connectivity index (χ0n) is 23.2. The summed E-state index contributed by atoms with van der Waals surface area (Å²) in [6.07, 6.45) is 2.43. The second kappa shape index (κ2) is 10.3. The Labute approximate surface area is 240 Å². The van der Waals surface area contributed by atoms with E-state index in [0.29, 0.717) is 52.1 Å². The molecule has 3 aliphatic rings. The minimum Gasteiger partial charge on any atom is -0.490 e. The topological polar surface area (TPSA) is 64.6 Å². The lowest BCUT2D eigenvalue weighted by Crippen LogP contribution is -2.42. The van der Waals surface area contributed by atoms with Gasteiger partial charge in [0.15, 0.2) is 23.1 Å². The highest BCUT2D eigenvalue weighted by molar-refractivity contribution is 6.35. The molecule has 0 saturated heterocycles. The Balaban J connectivity index is 1.56. The number of dihydropyridines is 1. The largest absolute Gasteiger partial charge is 0.490 e. The summed E-state index contributed by atoms with van der Waals surface area (Å²) < 4.78 is 12.1. The fourth-order valence-electron chi connectivity index (χ4n) is 6.11. The third kappa shape index (κ3) is 5.62. The first-order valence-corrected chi connectivity index (χ1v) is 14.3.